The number of aryl methyl sites for hydroxylation is 1. The quantitative estimate of drug-likeness (QED) is 0.887. The lowest BCUT2D eigenvalue weighted by molar-refractivity contribution is -0.140. The highest BCUT2D eigenvalue weighted by Crippen LogP contribution is 2.33. The summed E-state index contributed by atoms with van der Waals surface area (Å²) >= 11 is 1.36. The van der Waals surface area contributed by atoms with Gasteiger partial charge in [-0.3, -0.25) is 4.79 Å². The summed E-state index contributed by atoms with van der Waals surface area (Å²) in [4.78, 5) is 24.2. The first-order valence-electron chi connectivity index (χ1n) is 6.96. The van der Waals surface area contributed by atoms with E-state index in [0.29, 0.717) is 4.88 Å². The van der Waals surface area contributed by atoms with Crippen LogP contribution in [0.5, 0.6) is 5.75 Å². The number of carbonyl (C=O) groups excluding carboxylic acids is 1. The predicted molar refractivity (Wildman–Crippen MR) is 86.8 cm³/mol. The smallest absolute Gasteiger partial charge is 0.326 e. The average molecular weight is 321 g/mol. The summed E-state index contributed by atoms with van der Waals surface area (Å²) in [5, 5.41) is 12.7. The molecule has 0 saturated heterocycles. The maximum atomic E-state index is 12.4. The van der Waals surface area contributed by atoms with Crippen LogP contribution in [0, 0.1) is 12.8 Å². The lowest BCUT2D eigenvalue weighted by Gasteiger charge is -2.17. The van der Waals surface area contributed by atoms with Crippen LogP contribution in [0.3, 0.4) is 0 Å². The Morgan fingerprint density at radius 1 is 1.32 bits per heavy atom. The minimum Gasteiger partial charge on any atom is -0.497 e. The highest BCUT2D eigenvalue weighted by molar-refractivity contribution is 7.21. The molecule has 2 rings (SSSR count). The number of hydrogen-bond acceptors (Lipinski definition) is 4. The zero-order valence-corrected chi connectivity index (χ0v) is 13.8. The van der Waals surface area contributed by atoms with Gasteiger partial charge in [-0.15, -0.1) is 11.3 Å². The van der Waals surface area contributed by atoms with Gasteiger partial charge < -0.3 is 15.2 Å². The molecular formula is C16H19NO4S. The molecule has 0 fully saturated rings. The molecule has 22 heavy (non-hydrogen) atoms. The Kier molecular flexibility index (Phi) is 4.71. The van der Waals surface area contributed by atoms with E-state index in [4.69, 9.17) is 4.74 Å². The zero-order chi connectivity index (χ0) is 16.4. The van der Waals surface area contributed by atoms with Crippen molar-refractivity contribution in [3.05, 3.63) is 28.6 Å². The highest BCUT2D eigenvalue weighted by atomic mass is 32.1. The van der Waals surface area contributed by atoms with Crippen LogP contribution in [0.1, 0.15) is 29.1 Å². The van der Waals surface area contributed by atoms with Crippen LogP contribution in [0.15, 0.2) is 18.2 Å². The molecule has 0 spiro atoms. The second kappa shape index (κ2) is 6.36. The summed E-state index contributed by atoms with van der Waals surface area (Å²) in [7, 11) is 1.59. The number of benzene rings is 1. The minimum atomic E-state index is -1.02. The van der Waals surface area contributed by atoms with E-state index < -0.39 is 12.0 Å². The molecule has 0 saturated carbocycles. The molecule has 1 heterocycles. The Hall–Kier alpha value is -2.08. The number of aliphatic carboxylic acids is 1. The Morgan fingerprint density at radius 2 is 2.00 bits per heavy atom. The average Bonchev–Trinajstić information content (AvgIpc) is 2.80. The molecule has 6 heteroatoms. The first-order chi connectivity index (χ1) is 10.3. The first-order valence-corrected chi connectivity index (χ1v) is 7.77. The number of ether oxygens (including phenoxy) is 1. The third kappa shape index (κ3) is 3.06. The number of amides is 1. The van der Waals surface area contributed by atoms with Crippen LogP contribution >= 0.6 is 11.3 Å². The maximum absolute atomic E-state index is 12.4. The summed E-state index contributed by atoms with van der Waals surface area (Å²) in [6, 6.07) is 4.73. The van der Waals surface area contributed by atoms with Crippen LogP contribution in [-0.2, 0) is 4.79 Å². The van der Waals surface area contributed by atoms with E-state index in [1.54, 1.807) is 21.0 Å². The molecule has 1 aromatic carbocycles. The number of hydrogen-bond donors (Lipinski definition) is 2. The molecule has 0 aliphatic rings. The van der Waals surface area contributed by atoms with Crippen LogP contribution < -0.4 is 10.1 Å². The van der Waals surface area contributed by atoms with Gasteiger partial charge in [0.15, 0.2) is 0 Å². The van der Waals surface area contributed by atoms with Crippen LogP contribution in [0.2, 0.25) is 0 Å². The van der Waals surface area contributed by atoms with Gasteiger partial charge in [0.25, 0.3) is 5.91 Å². The fourth-order valence-electron chi connectivity index (χ4n) is 2.26. The van der Waals surface area contributed by atoms with Crippen molar-refractivity contribution in [2.75, 3.05) is 7.11 Å². The molecule has 1 aromatic heterocycles. The van der Waals surface area contributed by atoms with Gasteiger partial charge in [-0.2, -0.15) is 0 Å². The standard InChI is InChI=1S/C16H19NO4S/c1-8(2)13(16(19)20)17-15(18)14-9(3)11-7-10(21-4)5-6-12(11)22-14/h5-8,13H,1-4H3,(H,17,18)(H,19,20). The van der Waals surface area contributed by atoms with Crippen LogP contribution in [0.4, 0.5) is 0 Å². The van der Waals surface area contributed by atoms with Crippen molar-refractivity contribution in [1.29, 1.82) is 0 Å². The molecule has 0 aliphatic heterocycles. The fourth-order valence-corrected chi connectivity index (χ4v) is 3.36. The van der Waals surface area contributed by atoms with Gasteiger partial charge >= 0.3 is 5.97 Å². The summed E-state index contributed by atoms with van der Waals surface area (Å²) in [6.45, 7) is 5.39. The molecule has 118 valence electrons. The lowest BCUT2D eigenvalue weighted by Crippen LogP contribution is -2.44. The van der Waals surface area contributed by atoms with E-state index in [-0.39, 0.29) is 11.8 Å². The molecule has 1 unspecified atom stereocenters. The van der Waals surface area contributed by atoms with E-state index in [0.717, 1.165) is 21.4 Å². The van der Waals surface area contributed by atoms with Gasteiger partial charge in [0.2, 0.25) is 0 Å². The second-order valence-corrected chi connectivity index (χ2v) is 6.50. The van der Waals surface area contributed by atoms with Gasteiger partial charge in [0.1, 0.15) is 11.8 Å². The minimum absolute atomic E-state index is 0.184. The van der Waals surface area contributed by atoms with E-state index in [2.05, 4.69) is 5.32 Å². The van der Waals surface area contributed by atoms with Crippen LogP contribution in [0.25, 0.3) is 10.1 Å². The monoisotopic (exact) mass is 321 g/mol. The SMILES string of the molecule is COc1ccc2sc(C(=O)NC(C(=O)O)C(C)C)c(C)c2c1. The molecule has 1 atom stereocenters. The first kappa shape index (κ1) is 16.3. The van der Waals surface area contributed by atoms with Crippen molar-refractivity contribution in [3.8, 4) is 5.75 Å². The van der Waals surface area contributed by atoms with Crippen molar-refractivity contribution in [3.63, 3.8) is 0 Å². The number of fused-ring (bicyclic) bond motifs is 1. The summed E-state index contributed by atoms with van der Waals surface area (Å²) in [6.07, 6.45) is 0. The number of carboxylic acids is 1. The number of carbonyl (C=O) groups is 2. The van der Waals surface area contributed by atoms with Crippen molar-refractivity contribution < 1.29 is 19.4 Å². The predicted octanol–water partition coefficient (Wildman–Crippen LogP) is 3.06. The van der Waals surface area contributed by atoms with E-state index in [1.807, 2.05) is 25.1 Å². The number of rotatable bonds is 5. The van der Waals surface area contributed by atoms with E-state index in [1.165, 1.54) is 11.3 Å². The van der Waals surface area contributed by atoms with Gasteiger partial charge in [-0.05, 0) is 42.0 Å². The highest BCUT2D eigenvalue weighted by Gasteiger charge is 2.25. The molecule has 0 bridgehead atoms. The zero-order valence-electron chi connectivity index (χ0n) is 13.0. The number of methoxy groups -OCH3 is 1. The molecule has 1 amide bonds. The van der Waals surface area contributed by atoms with Crippen LogP contribution in [-0.4, -0.2) is 30.1 Å². The largest absolute Gasteiger partial charge is 0.497 e. The summed E-state index contributed by atoms with van der Waals surface area (Å²) < 4.78 is 6.17. The second-order valence-electron chi connectivity index (χ2n) is 5.45. The lowest BCUT2D eigenvalue weighted by atomic mass is 10.0. The third-order valence-electron chi connectivity index (χ3n) is 3.57. The topological polar surface area (TPSA) is 75.6 Å². The van der Waals surface area contributed by atoms with Crippen molar-refractivity contribution in [2.45, 2.75) is 26.8 Å². The molecule has 2 N–H and O–H groups in total. The number of nitrogens with one attached hydrogen (secondary N) is 1. The van der Waals surface area contributed by atoms with Gasteiger partial charge in [0, 0.05) is 4.70 Å². The summed E-state index contributed by atoms with van der Waals surface area (Å²) in [5.74, 6) is -0.829. The molecule has 0 radical (unpaired) electrons. The third-order valence-corrected chi connectivity index (χ3v) is 4.84. The molecule has 2 aromatic rings. The Balaban J connectivity index is 2.36. The van der Waals surface area contributed by atoms with Gasteiger partial charge in [-0.25, -0.2) is 4.79 Å². The molecule has 0 aliphatic carbocycles. The summed E-state index contributed by atoms with van der Waals surface area (Å²) in [5.41, 5.74) is 0.837. The van der Waals surface area contributed by atoms with Crippen molar-refractivity contribution in [2.24, 2.45) is 5.92 Å². The molecule has 5 nitrogen and oxygen atoms in total. The Labute approximate surface area is 132 Å². The van der Waals surface area contributed by atoms with Crippen molar-refractivity contribution >= 4 is 33.3 Å². The van der Waals surface area contributed by atoms with Gasteiger partial charge in [-0.1, -0.05) is 13.8 Å². The normalized spacial score (nSPS) is 12.4. The van der Waals surface area contributed by atoms with Gasteiger partial charge in [0.05, 0.1) is 12.0 Å². The van der Waals surface area contributed by atoms with E-state index in [9.17, 15) is 14.7 Å². The fraction of sp³-hybridized carbons (Fsp3) is 0.375. The van der Waals surface area contributed by atoms with Crippen molar-refractivity contribution in [1.82, 2.24) is 5.32 Å². The number of carboxylic acid groups (broad SMARTS) is 1. The maximum Gasteiger partial charge on any atom is 0.326 e. The Bertz CT molecular complexity index is 720. The van der Waals surface area contributed by atoms with E-state index >= 15 is 0 Å². The Morgan fingerprint density at radius 3 is 2.55 bits per heavy atom. The number of thiophene rings is 1. The molecular weight excluding hydrogens is 302 g/mol.